The smallest absolute Gasteiger partial charge is 0.240 e. The Morgan fingerprint density at radius 2 is 1.81 bits per heavy atom. The standard InChI is InChI=1S/C19H25N3O3S2/c1-16-2-4-18(5-3-16)27(24,25)20-8-6-19(23)22-11-9-21(10-12-22)14-17-7-13-26-15-17/h2-5,7,13,15,20H,6,8-12,14H2,1H3. The van der Waals surface area contributed by atoms with Gasteiger partial charge in [0.15, 0.2) is 0 Å². The van der Waals surface area contributed by atoms with Gasteiger partial charge in [0.25, 0.3) is 0 Å². The SMILES string of the molecule is Cc1ccc(S(=O)(=O)NCCC(=O)N2CCN(Cc3ccsc3)CC2)cc1. The fourth-order valence-corrected chi connectivity index (χ4v) is 4.74. The highest BCUT2D eigenvalue weighted by Crippen LogP contribution is 2.13. The van der Waals surface area contributed by atoms with E-state index >= 15 is 0 Å². The normalized spacial score (nSPS) is 15.8. The second-order valence-corrected chi connectivity index (χ2v) is 9.30. The van der Waals surface area contributed by atoms with Gasteiger partial charge in [0, 0.05) is 45.7 Å². The Morgan fingerprint density at radius 3 is 2.44 bits per heavy atom. The molecule has 1 N–H and O–H groups in total. The van der Waals surface area contributed by atoms with Gasteiger partial charge >= 0.3 is 0 Å². The van der Waals surface area contributed by atoms with Crippen LogP contribution in [0.3, 0.4) is 0 Å². The molecule has 0 radical (unpaired) electrons. The maximum absolute atomic E-state index is 12.4. The largest absolute Gasteiger partial charge is 0.340 e. The molecule has 2 aromatic rings. The molecule has 0 unspecified atom stereocenters. The van der Waals surface area contributed by atoms with Crippen molar-refractivity contribution in [2.24, 2.45) is 0 Å². The van der Waals surface area contributed by atoms with Crippen molar-refractivity contribution in [1.82, 2.24) is 14.5 Å². The zero-order chi connectivity index (χ0) is 19.3. The van der Waals surface area contributed by atoms with E-state index in [0.717, 1.165) is 25.2 Å². The number of thiophene rings is 1. The monoisotopic (exact) mass is 407 g/mol. The molecule has 1 aliphatic rings. The summed E-state index contributed by atoms with van der Waals surface area (Å²) in [5.41, 5.74) is 2.31. The molecular weight excluding hydrogens is 382 g/mol. The summed E-state index contributed by atoms with van der Waals surface area (Å²) in [5, 5.41) is 4.23. The summed E-state index contributed by atoms with van der Waals surface area (Å²) >= 11 is 1.70. The van der Waals surface area contributed by atoms with Crippen molar-refractivity contribution in [1.29, 1.82) is 0 Å². The predicted molar refractivity (Wildman–Crippen MR) is 107 cm³/mol. The van der Waals surface area contributed by atoms with Crippen molar-refractivity contribution in [3.8, 4) is 0 Å². The van der Waals surface area contributed by atoms with Crippen LogP contribution in [0.2, 0.25) is 0 Å². The molecule has 0 spiro atoms. The van der Waals surface area contributed by atoms with Crippen molar-refractivity contribution in [3.05, 3.63) is 52.2 Å². The summed E-state index contributed by atoms with van der Waals surface area (Å²) in [6, 6.07) is 8.80. The number of hydrogen-bond donors (Lipinski definition) is 1. The topological polar surface area (TPSA) is 69.7 Å². The molecule has 8 heteroatoms. The minimum Gasteiger partial charge on any atom is -0.340 e. The van der Waals surface area contributed by atoms with Crippen LogP contribution in [0.1, 0.15) is 17.5 Å². The van der Waals surface area contributed by atoms with Crippen molar-refractivity contribution in [2.75, 3.05) is 32.7 Å². The average molecular weight is 408 g/mol. The van der Waals surface area contributed by atoms with Crippen LogP contribution in [0, 0.1) is 6.92 Å². The van der Waals surface area contributed by atoms with Gasteiger partial charge in [-0.1, -0.05) is 17.7 Å². The van der Waals surface area contributed by atoms with Crippen LogP contribution >= 0.6 is 11.3 Å². The second kappa shape index (κ2) is 8.97. The Kier molecular flexibility index (Phi) is 6.64. The van der Waals surface area contributed by atoms with Crippen LogP contribution in [0.4, 0.5) is 0 Å². The second-order valence-electron chi connectivity index (χ2n) is 6.75. The third-order valence-electron chi connectivity index (χ3n) is 4.67. The number of nitrogens with zero attached hydrogens (tertiary/aromatic N) is 2. The van der Waals surface area contributed by atoms with Gasteiger partial charge in [-0.05, 0) is 41.4 Å². The molecule has 6 nitrogen and oxygen atoms in total. The van der Waals surface area contributed by atoms with Crippen LogP contribution in [-0.4, -0.2) is 56.8 Å². The molecule has 0 bridgehead atoms. The van der Waals surface area contributed by atoms with Crippen molar-refractivity contribution in [3.63, 3.8) is 0 Å². The molecule has 0 aliphatic carbocycles. The number of benzene rings is 1. The zero-order valence-electron chi connectivity index (χ0n) is 15.4. The van der Waals surface area contributed by atoms with Crippen LogP contribution in [0.25, 0.3) is 0 Å². The summed E-state index contributed by atoms with van der Waals surface area (Å²) in [6.45, 7) is 6.00. The molecule has 1 aromatic heterocycles. The lowest BCUT2D eigenvalue weighted by Gasteiger charge is -2.34. The molecule has 1 fully saturated rings. The molecule has 1 aromatic carbocycles. The summed E-state index contributed by atoms with van der Waals surface area (Å²) in [7, 11) is -3.57. The number of carbonyl (C=O) groups excluding carboxylic acids is 1. The third kappa shape index (κ3) is 5.62. The number of hydrogen-bond acceptors (Lipinski definition) is 5. The average Bonchev–Trinajstić information content (AvgIpc) is 3.15. The Balaban J connectivity index is 1.41. The number of aryl methyl sites for hydroxylation is 1. The first-order chi connectivity index (χ1) is 12.9. The lowest BCUT2D eigenvalue weighted by atomic mass is 10.2. The lowest BCUT2D eigenvalue weighted by Crippen LogP contribution is -2.48. The van der Waals surface area contributed by atoms with E-state index in [9.17, 15) is 13.2 Å². The maximum atomic E-state index is 12.4. The fourth-order valence-electron chi connectivity index (χ4n) is 3.05. The molecule has 2 heterocycles. The first-order valence-electron chi connectivity index (χ1n) is 9.01. The van der Waals surface area contributed by atoms with Crippen molar-refractivity contribution >= 4 is 27.3 Å². The van der Waals surface area contributed by atoms with Crippen LogP contribution < -0.4 is 4.72 Å². The highest BCUT2D eigenvalue weighted by molar-refractivity contribution is 7.89. The molecule has 1 amide bonds. The first kappa shape index (κ1) is 20.0. The molecule has 1 aliphatic heterocycles. The minimum absolute atomic E-state index is 0.00297. The molecule has 1 saturated heterocycles. The molecular formula is C19H25N3O3S2. The van der Waals surface area contributed by atoms with E-state index < -0.39 is 10.0 Å². The van der Waals surface area contributed by atoms with E-state index in [-0.39, 0.29) is 23.8 Å². The quantitative estimate of drug-likeness (QED) is 0.763. The Morgan fingerprint density at radius 1 is 1.11 bits per heavy atom. The van der Waals surface area contributed by atoms with Crippen molar-refractivity contribution in [2.45, 2.75) is 24.8 Å². The Hall–Kier alpha value is -1.74. The molecule has 3 rings (SSSR count). The molecule has 0 saturated carbocycles. The van der Waals surface area contributed by atoms with E-state index in [0.29, 0.717) is 13.1 Å². The van der Waals surface area contributed by atoms with Gasteiger partial charge < -0.3 is 4.90 Å². The number of sulfonamides is 1. The lowest BCUT2D eigenvalue weighted by molar-refractivity contribution is -0.132. The molecule has 146 valence electrons. The van der Waals surface area contributed by atoms with Crippen molar-refractivity contribution < 1.29 is 13.2 Å². The fraction of sp³-hybridized carbons (Fsp3) is 0.421. The number of carbonyl (C=O) groups is 1. The van der Waals surface area contributed by atoms with E-state index in [1.165, 1.54) is 5.56 Å². The number of rotatable bonds is 7. The van der Waals surface area contributed by atoms with Gasteiger partial charge in [0.05, 0.1) is 4.90 Å². The summed E-state index contributed by atoms with van der Waals surface area (Å²) in [5.74, 6) is -0.00297. The van der Waals surface area contributed by atoms with Crippen LogP contribution in [0.15, 0.2) is 46.0 Å². The van der Waals surface area contributed by atoms with Gasteiger partial charge in [-0.2, -0.15) is 11.3 Å². The van der Waals surface area contributed by atoms with E-state index in [1.807, 2.05) is 11.8 Å². The summed E-state index contributed by atoms with van der Waals surface area (Å²) < 4.78 is 27.0. The predicted octanol–water partition coefficient (Wildman–Crippen LogP) is 2.07. The van der Waals surface area contributed by atoms with Gasteiger partial charge in [-0.3, -0.25) is 9.69 Å². The van der Waals surface area contributed by atoms with E-state index in [4.69, 9.17) is 0 Å². The van der Waals surface area contributed by atoms with E-state index in [1.54, 1.807) is 35.6 Å². The number of nitrogens with one attached hydrogen (secondary N) is 1. The van der Waals surface area contributed by atoms with Gasteiger partial charge in [-0.25, -0.2) is 13.1 Å². The van der Waals surface area contributed by atoms with Crippen LogP contribution in [0.5, 0.6) is 0 Å². The highest BCUT2D eigenvalue weighted by atomic mass is 32.2. The third-order valence-corrected chi connectivity index (χ3v) is 6.88. The molecule has 27 heavy (non-hydrogen) atoms. The Labute approximate surface area is 164 Å². The Bertz CT molecular complexity index is 841. The maximum Gasteiger partial charge on any atom is 0.240 e. The summed E-state index contributed by atoms with van der Waals surface area (Å²) in [4.78, 5) is 16.8. The number of piperazine rings is 1. The molecule has 0 atom stereocenters. The van der Waals surface area contributed by atoms with Gasteiger partial charge in [0.2, 0.25) is 15.9 Å². The highest BCUT2D eigenvalue weighted by Gasteiger charge is 2.21. The summed E-state index contributed by atoms with van der Waals surface area (Å²) in [6.07, 6.45) is 0.176. The first-order valence-corrected chi connectivity index (χ1v) is 11.4. The van der Waals surface area contributed by atoms with Gasteiger partial charge in [0.1, 0.15) is 0 Å². The minimum atomic E-state index is -3.57. The number of amides is 1. The van der Waals surface area contributed by atoms with Gasteiger partial charge in [-0.15, -0.1) is 0 Å². The van der Waals surface area contributed by atoms with Crippen LogP contribution in [-0.2, 0) is 21.4 Å². The zero-order valence-corrected chi connectivity index (χ0v) is 17.1. The van der Waals surface area contributed by atoms with E-state index in [2.05, 4.69) is 26.4 Å².